The summed E-state index contributed by atoms with van der Waals surface area (Å²) in [5.74, 6) is -0.0932. The van der Waals surface area contributed by atoms with Crippen molar-refractivity contribution in [1.82, 2.24) is 4.98 Å². The Labute approximate surface area is 186 Å². The zero-order chi connectivity index (χ0) is 21.3. The number of nitrogens with zero attached hydrogens (tertiary/aromatic N) is 1. The molecule has 0 aliphatic heterocycles. The molecule has 2 aliphatic rings. The highest BCUT2D eigenvalue weighted by Crippen LogP contribution is 2.51. The molecule has 5 rings (SSSR count). The number of rotatable bonds is 7. The van der Waals surface area contributed by atoms with E-state index in [1.54, 1.807) is 11.3 Å². The lowest BCUT2D eigenvalue weighted by Gasteiger charge is -2.43. The summed E-state index contributed by atoms with van der Waals surface area (Å²) in [4.78, 5) is 17.4. The molecule has 1 N–H and O–H groups in total. The maximum atomic E-state index is 12.4. The monoisotopic (exact) mass is 433 g/mol. The standard InChI is InChI=1S/C26H27NO3S/c28-24(29)25(21-9-5-2-6-10-21)13-15-26(16-14-25,30-17-19-11-12-19)23-27-22(18-31-23)20-7-3-1-4-8-20/h1-10,18-19H,11-17H2,(H,28,29)/t25-,26-. The van der Waals surface area contributed by atoms with E-state index in [9.17, 15) is 9.90 Å². The zero-order valence-corrected chi connectivity index (χ0v) is 18.3. The van der Waals surface area contributed by atoms with E-state index in [4.69, 9.17) is 9.72 Å². The van der Waals surface area contributed by atoms with E-state index in [0.717, 1.165) is 28.4 Å². The Kier molecular flexibility index (Phi) is 5.40. The van der Waals surface area contributed by atoms with Crippen LogP contribution in [0, 0.1) is 5.92 Å². The molecule has 0 unspecified atom stereocenters. The molecule has 0 amide bonds. The van der Waals surface area contributed by atoms with Gasteiger partial charge in [0.2, 0.25) is 0 Å². The summed E-state index contributed by atoms with van der Waals surface area (Å²) in [6, 6.07) is 19.9. The average molecular weight is 434 g/mol. The smallest absolute Gasteiger partial charge is 0.314 e. The highest BCUT2D eigenvalue weighted by molar-refractivity contribution is 7.10. The number of aromatic nitrogens is 1. The van der Waals surface area contributed by atoms with Gasteiger partial charge in [0.15, 0.2) is 0 Å². The van der Waals surface area contributed by atoms with Crippen molar-refractivity contribution in [3.05, 3.63) is 76.6 Å². The van der Waals surface area contributed by atoms with E-state index in [0.29, 0.717) is 31.6 Å². The van der Waals surface area contributed by atoms with Crippen LogP contribution in [0.2, 0.25) is 0 Å². The molecule has 2 saturated carbocycles. The number of benzene rings is 2. The van der Waals surface area contributed by atoms with Crippen LogP contribution in [0.4, 0.5) is 0 Å². The number of ether oxygens (including phenoxy) is 1. The van der Waals surface area contributed by atoms with Gasteiger partial charge < -0.3 is 9.84 Å². The van der Waals surface area contributed by atoms with Crippen molar-refractivity contribution in [2.24, 2.45) is 5.92 Å². The molecule has 0 atom stereocenters. The SMILES string of the molecule is O=C(O)[C@]1(c2ccccc2)CC[C@](OCC2CC2)(c2nc(-c3ccccc3)cs2)CC1. The van der Waals surface area contributed by atoms with E-state index in [-0.39, 0.29) is 0 Å². The maximum Gasteiger partial charge on any atom is 0.314 e. The predicted octanol–water partition coefficient (Wildman–Crippen LogP) is 6.03. The van der Waals surface area contributed by atoms with Crippen molar-refractivity contribution < 1.29 is 14.6 Å². The van der Waals surface area contributed by atoms with Crippen LogP contribution in [0.3, 0.4) is 0 Å². The fraction of sp³-hybridized carbons (Fsp3) is 0.385. The molecular formula is C26H27NO3S. The van der Waals surface area contributed by atoms with E-state index < -0.39 is 17.0 Å². The zero-order valence-electron chi connectivity index (χ0n) is 17.5. The fourth-order valence-electron chi connectivity index (χ4n) is 4.67. The molecule has 1 aromatic heterocycles. The number of thiazole rings is 1. The Balaban J connectivity index is 1.45. The molecule has 0 spiro atoms. The Hall–Kier alpha value is -2.50. The van der Waals surface area contributed by atoms with Crippen molar-refractivity contribution in [2.45, 2.75) is 49.5 Å². The van der Waals surface area contributed by atoms with Gasteiger partial charge in [0.1, 0.15) is 10.6 Å². The third-order valence-corrected chi connectivity index (χ3v) is 7.93. The van der Waals surface area contributed by atoms with Crippen LogP contribution in [0.25, 0.3) is 11.3 Å². The van der Waals surface area contributed by atoms with Crippen molar-refractivity contribution in [2.75, 3.05) is 6.61 Å². The number of hydrogen-bond acceptors (Lipinski definition) is 4. The van der Waals surface area contributed by atoms with Gasteiger partial charge >= 0.3 is 5.97 Å². The van der Waals surface area contributed by atoms with Crippen LogP contribution in [0.1, 0.15) is 49.1 Å². The van der Waals surface area contributed by atoms with Gasteiger partial charge in [0.05, 0.1) is 17.7 Å². The Morgan fingerprint density at radius 3 is 2.26 bits per heavy atom. The van der Waals surface area contributed by atoms with Gasteiger partial charge in [-0.15, -0.1) is 11.3 Å². The lowest BCUT2D eigenvalue weighted by Crippen LogP contribution is -2.46. The van der Waals surface area contributed by atoms with E-state index >= 15 is 0 Å². The Bertz CT molecular complexity index is 1030. The minimum absolute atomic E-state index is 0.492. The van der Waals surface area contributed by atoms with Gasteiger partial charge in [-0.25, -0.2) is 4.98 Å². The van der Waals surface area contributed by atoms with E-state index in [1.807, 2.05) is 48.5 Å². The van der Waals surface area contributed by atoms with Crippen LogP contribution >= 0.6 is 11.3 Å². The first-order chi connectivity index (χ1) is 15.1. The summed E-state index contributed by atoms with van der Waals surface area (Å²) in [7, 11) is 0. The molecule has 0 bridgehead atoms. The van der Waals surface area contributed by atoms with Gasteiger partial charge in [-0.1, -0.05) is 60.7 Å². The molecule has 4 nitrogen and oxygen atoms in total. The van der Waals surface area contributed by atoms with Crippen LogP contribution in [0.5, 0.6) is 0 Å². The first kappa shape index (κ1) is 20.4. The molecule has 0 saturated heterocycles. The Morgan fingerprint density at radius 2 is 1.65 bits per heavy atom. The van der Waals surface area contributed by atoms with Crippen molar-refractivity contribution >= 4 is 17.3 Å². The lowest BCUT2D eigenvalue weighted by atomic mass is 9.65. The summed E-state index contributed by atoms with van der Waals surface area (Å²) in [6.07, 6.45) is 4.90. The molecule has 0 radical (unpaired) electrons. The first-order valence-corrected chi connectivity index (χ1v) is 11.9. The third kappa shape index (κ3) is 3.92. The van der Waals surface area contributed by atoms with Gasteiger partial charge in [-0.2, -0.15) is 0 Å². The maximum absolute atomic E-state index is 12.4. The topological polar surface area (TPSA) is 59.4 Å². The van der Waals surface area contributed by atoms with E-state index in [2.05, 4.69) is 17.5 Å². The molecule has 2 aromatic carbocycles. The predicted molar refractivity (Wildman–Crippen MR) is 122 cm³/mol. The van der Waals surface area contributed by atoms with Gasteiger partial charge in [0, 0.05) is 10.9 Å². The van der Waals surface area contributed by atoms with Gasteiger partial charge in [-0.05, 0) is 50.0 Å². The number of carboxylic acid groups (broad SMARTS) is 1. The summed E-state index contributed by atoms with van der Waals surface area (Å²) < 4.78 is 6.59. The molecule has 5 heteroatoms. The number of hydrogen-bond donors (Lipinski definition) is 1. The molecule has 2 fully saturated rings. The average Bonchev–Trinajstić information content (AvgIpc) is 3.52. The molecule has 1 heterocycles. The molecule has 31 heavy (non-hydrogen) atoms. The van der Waals surface area contributed by atoms with Crippen molar-refractivity contribution in [1.29, 1.82) is 0 Å². The molecule has 2 aliphatic carbocycles. The second kappa shape index (κ2) is 8.21. The Morgan fingerprint density at radius 1 is 1.00 bits per heavy atom. The summed E-state index contributed by atoms with van der Waals surface area (Å²) in [5, 5.41) is 13.3. The minimum Gasteiger partial charge on any atom is -0.481 e. The van der Waals surface area contributed by atoms with Gasteiger partial charge in [0.25, 0.3) is 0 Å². The largest absolute Gasteiger partial charge is 0.481 e. The molecular weight excluding hydrogens is 406 g/mol. The fourth-order valence-corrected chi connectivity index (χ4v) is 5.71. The van der Waals surface area contributed by atoms with E-state index in [1.165, 1.54) is 12.8 Å². The summed E-state index contributed by atoms with van der Waals surface area (Å²) in [5.41, 5.74) is 1.61. The second-order valence-electron chi connectivity index (χ2n) is 8.91. The molecule has 3 aromatic rings. The van der Waals surface area contributed by atoms with Crippen LogP contribution in [-0.2, 0) is 20.5 Å². The quantitative estimate of drug-likeness (QED) is 0.494. The highest BCUT2D eigenvalue weighted by Gasteiger charge is 2.51. The van der Waals surface area contributed by atoms with Gasteiger partial charge in [-0.3, -0.25) is 4.79 Å². The summed E-state index contributed by atoms with van der Waals surface area (Å²) >= 11 is 1.64. The van der Waals surface area contributed by atoms with Crippen LogP contribution in [-0.4, -0.2) is 22.7 Å². The highest BCUT2D eigenvalue weighted by atomic mass is 32.1. The first-order valence-electron chi connectivity index (χ1n) is 11.1. The lowest BCUT2D eigenvalue weighted by molar-refractivity contribution is -0.151. The third-order valence-electron chi connectivity index (χ3n) is 6.90. The van der Waals surface area contributed by atoms with Crippen LogP contribution in [0.15, 0.2) is 66.0 Å². The number of aliphatic carboxylic acids is 1. The molecule has 160 valence electrons. The van der Waals surface area contributed by atoms with Crippen LogP contribution < -0.4 is 0 Å². The summed E-state index contributed by atoms with van der Waals surface area (Å²) in [6.45, 7) is 0.742. The number of carbonyl (C=O) groups is 1. The van der Waals surface area contributed by atoms with Crippen molar-refractivity contribution in [3.63, 3.8) is 0 Å². The second-order valence-corrected chi connectivity index (χ2v) is 9.76. The number of carboxylic acids is 1. The van der Waals surface area contributed by atoms with Crippen molar-refractivity contribution in [3.8, 4) is 11.3 Å². The minimum atomic E-state index is -0.854. The normalized spacial score (nSPS) is 25.9.